The Morgan fingerprint density at radius 1 is 1.16 bits per heavy atom. The zero-order valence-electron chi connectivity index (χ0n) is 23.3. The van der Waals surface area contributed by atoms with Crippen LogP contribution in [0.4, 0.5) is 0 Å². The molecule has 2 heterocycles. The molecule has 4 amide bonds. The molecule has 37 heavy (non-hydrogen) atoms. The second-order valence-corrected chi connectivity index (χ2v) is 10.4. The summed E-state index contributed by atoms with van der Waals surface area (Å²) in [5.41, 5.74) is 6.09. The van der Waals surface area contributed by atoms with Crippen molar-refractivity contribution in [2.45, 2.75) is 54.6 Å². The number of hydrogen-bond donors (Lipinski definition) is 6. The molecule has 2 fully saturated rings. The number of β-lactam (4-membered cyclic amide) rings is 1. The molecule has 5 atom stereocenters. The van der Waals surface area contributed by atoms with Gasteiger partial charge in [-0.25, -0.2) is 4.79 Å². The topological polar surface area (TPSA) is 223 Å². The Labute approximate surface area is 264 Å². The number of phenols is 1. The van der Waals surface area contributed by atoms with Crippen molar-refractivity contribution in [3.63, 3.8) is 0 Å². The molecule has 0 saturated carbocycles. The molecule has 2 aliphatic rings. The van der Waals surface area contributed by atoms with Crippen LogP contribution in [0.25, 0.3) is 0 Å². The van der Waals surface area contributed by atoms with Gasteiger partial charge in [0.05, 0.1) is 12.5 Å². The third kappa shape index (κ3) is 7.61. The number of nitrogens with one attached hydrogen (secondary N) is 3. The third-order valence-corrected chi connectivity index (χ3v) is 7.34. The fraction of sp³-hybridized carbons (Fsp3) is 0.476. The van der Waals surface area contributed by atoms with Crippen LogP contribution in [0.15, 0.2) is 24.3 Å². The molecule has 1 aromatic carbocycles. The number of amides is 4. The number of nitrogens with zero attached hydrogens (tertiary/aromatic N) is 1. The van der Waals surface area contributed by atoms with E-state index in [9.17, 15) is 34.2 Å². The van der Waals surface area contributed by atoms with Crippen LogP contribution < -0.4 is 80.8 Å². The number of carboxylic acids is 1. The zero-order valence-corrected chi connectivity index (χ0v) is 26.1. The summed E-state index contributed by atoms with van der Waals surface area (Å²) in [6.45, 7) is 3.43. The van der Waals surface area contributed by atoms with Crippen molar-refractivity contribution in [1.82, 2.24) is 20.9 Å². The summed E-state index contributed by atoms with van der Waals surface area (Å²) in [5.74, 6) is -3.66. The van der Waals surface area contributed by atoms with Gasteiger partial charge >= 0.3 is 65.1 Å². The van der Waals surface area contributed by atoms with Crippen molar-refractivity contribution in [3.8, 4) is 5.75 Å². The van der Waals surface area contributed by atoms with Crippen molar-refractivity contribution < 1.29 is 102 Å². The molecule has 9 N–H and O–H groups in total. The van der Waals surface area contributed by atoms with Gasteiger partial charge in [-0.3, -0.25) is 19.2 Å². The molecule has 2 saturated heterocycles. The Kier molecular flexibility index (Phi) is 13.6. The molecular weight excluding hydrogens is 528 g/mol. The molecule has 0 bridgehead atoms. The van der Waals surface area contributed by atoms with Gasteiger partial charge in [0.25, 0.3) is 0 Å². The minimum absolute atomic E-state index is 0. The molecule has 13 nitrogen and oxygen atoms in total. The first-order valence-electron chi connectivity index (χ1n) is 10.5. The molecular formula is C21H31N5Na2O8S. The van der Waals surface area contributed by atoms with E-state index in [-0.39, 0.29) is 79.6 Å². The summed E-state index contributed by atoms with van der Waals surface area (Å²) in [4.78, 5) is 62.9. The van der Waals surface area contributed by atoms with E-state index in [1.54, 1.807) is 13.8 Å². The van der Waals surface area contributed by atoms with E-state index < -0.39 is 63.9 Å². The number of aliphatic carboxylic acids is 1. The number of hydrogen-bond acceptors (Lipinski definition) is 8. The van der Waals surface area contributed by atoms with Gasteiger partial charge in [-0.15, -0.1) is 11.8 Å². The molecule has 0 aliphatic carbocycles. The van der Waals surface area contributed by atoms with Crippen LogP contribution in [-0.2, 0) is 24.0 Å². The van der Waals surface area contributed by atoms with E-state index in [1.807, 2.05) is 0 Å². The standard InChI is InChI=1S/C21H27N5O7S.2Na.H2O.2H/c1-21(2)15(20(32)33)26-18(31)14(19(26)34-21)25-17(30)13(9-4-6-10(27)7-5-9)24-16(29)11(22)8-12(28)23-3;;;;;/h4-7,11,13-15,19,27H,8,22H2,1-3H3,(H,23,28)(H,24,29)(H,25,30)(H,32,33);;;1H2;;/q;2*+1;;2*-1/t11-,13-,14-,15+,19-;;;;;/m1...../s1. The van der Waals surface area contributed by atoms with Crippen molar-refractivity contribution in [3.05, 3.63) is 29.8 Å². The number of carbonyl (C=O) groups is 5. The second-order valence-electron chi connectivity index (χ2n) is 8.60. The van der Waals surface area contributed by atoms with Gasteiger partial charge in [0.15, 0.2) is 0 Å². The summed E-state index contributed by atoms with van der Waals surface area (Å²) >= 11 is 1.27. The summed E-state index contributed by atoms with van der Waals surface area (Å²) in [6, 6.07) is 0.997. The maximum Gasteiger partial charge on any atom is 1.00 e. The van der Waals surface area contributed by atoms with E-state index in [0.29, 0.717) is 5.56 Å². The zero-order chi connectivity index (χ0) is 25.4. The average molecular weight is 560 g/mol. The monoisotopic (exact) mass is 559 g/mol. The first-order valence-corrected chi connectivity index (χ1v) is 11.3. The van der Waals surface area contributed by atoms with Gasteiger partial charge in [-0.1, -0.05) is 12.1 Å². The van der Waals surface area contributed by atoms with Crippen LogP contribution in [0.5, 0.6) is 5.75 Å². The normalized spacial score (nSPS) is 22.3. The summed E-state index contributed by atoms with van der Waals surface area (Å²) < 4.78 is -0.761. The average Bonchev–Trinajstić information content (AvgIpc) is 3.03. The molecule has 0 radical (unpaired) electrons. The molecule has 196 valence electrons. The van der Waals surface area contributed by atoms with Gasteiger partial charge in [-0.05, 0) is 31.5 Å². The largest absolute Gasteiger partial charge is 1.00 e. The number of thioether (sulfide) groups is 1. The van der Waals surface area contributed by atoms with Crippen LogP contribution >= 0.6 is 11.8 Å². The van der Waals surface area contributed by atoms with Crippen molar-refractivity contribution >= 4 is 41.4 Å². The Hall–Kier alpha value is -1.36. The van der Waals surface area contributed by atoms with Gasteiger partial charge < -0.3 is 45.1 Å². The molecule has 0 spiro atoms. The van der Waals surface area contributed by atoms with E-state index in [2.05, 4.69) is 16.0 Å². The predicted octanol–water partition coefficient (Wildman–Crippen LogP) is -7.95. The molecule has 3 rings (SSSR count). The molecule has 1 aromatic rings. The molecule has 0 unspecified atom stereocenters. The number of rotatable bonds is 8. The molecule has 2 aliphatic heterocycles. The first kappa shape index (κ1) is 35.6. The van der Waals surface area contributed by atoms with Gasteiger partial charge in [0, 0.05) is 11.8 Å². The van der Waals surface area contributed by atoms with Crippen LogP contribution in [0, 0.1) is 0 Å². The number of aromatic hydroxyl groups is 1. The van der Waals surface area contributed by atoms with Gasteiger partial charge in [0.2, 0.25) is 23.6 Å². The van der Waals surface area contributed by atoms with Gasteiger partial charge in [-0.2, -0.15) is 0 Å². The Balaban J connectivity index is -0.00000259. The van der Waals surface area contributed by atoms with Crippen LogP contribution in [-0.4, -0.2) is 85.5 Å². The quantitative estimate of drug-likeness (QED) is 0.131. The summed E-state index contributed by atoms with van der Waals surface area (Å²) in [7, 11) is 1.40. The van der Waals surface area contributed by atoms with E-state index in [4.69, 9.17) is 5.73 Å². The van der Waals surface area contributed by atoms with Crippen molar-refractivity contribution in [2.24, 2.45) is 5.73 Å². The fourth-order valence-electron chi connectivity index (χ4n) is 3.99. The maximum atomic E-state index is 13.2. The second kappa shape index (κ2) is 14.1. The minimum atomic E-state index is -1.28. The number of nitrogens with two attached hydrogens (primary N) is 1. The summed E-state index contributed by atoms with van der Waals surface area (Å²) in [6.07, 6.45) is -0.299. The number of phenolic OH excluding ortho intramolecular Hbond substituents is 1. The fourth-order valence-corrected chi connectivity index (χ4v) is 5.62. The maximum absolute atomic E-state index is 13.2. The van der Waals surface area contributed by atoms with Crippen molar-refractivity contribution in [2.75, 3.05) is 7.05 Å². The smallest absolute Gasteiger partial charge is 1.00 e. The number of fused-ring (bicyclic) bond motifs is 1. The molecule has 0 aromatic heterocycles. The van der Waals surface area contributed by atoms with Crippen LogP contribution in [0.2, 0.25) is 0 Å². The van der Waals surface area contributed by atoms with E-state index in [0.717, 1.165) is 0 Å². The number of carbonyl (C=O) groups excluding carboxylic acids is 4. The minimum Gasteiger partial charge on any atom is -1.00 e. The molecule has 16 heteroatoms. The SMILES string of the molecule is CNC(=O)C[C@@H](N)C(=O)N[C@@H](C(=O)N[C@@H]1C(=O)N2[C@@H]1SC(C)(C)[C@@H]2C(=O)O)c1ccc(O)cc1.O.[H-].[H-].[Na+].[Na+]. The first-order chi connectivity index (χ1) is 15.9. The van der Waals surface area contributed by atoms with Gasteiger partial charge in [0.1, 0.15) is 29.2 Å². The Morgan fingerprint density at radius 2 is 1.73 bits per heavy atom. The van der Waals surface area contributed by atoms with E-state index in [1.165, 1.54) is 48.0 Å². The van der Waals surface area contributed by atoms with Crippen LogP contribution in [0.1, 0.15) is 34.7 Å². The number of benzene rings is 1. The van der Waals surface area contributed by atoms with E-state index >= 15 is 0 Å². The Bertz CT molecular complexity index is 1040. The van der Waals surface area contributed by atoms with Crippen molar-refractivity contribution in [1.29, 1.82) is 0 Å². The third-order valence-electron chi connectivity index (χ3n) is 5.77. The summed E-state index contributed by atoms with van der Waals surface area (Å²) in [5, 5.41) is 26.0. The van der Waals surface area contributed by atoms with Crippen LogP contribution in [0.3, 0.4) is 0 Å². The predicted molar refractivity (Wildman–Crippen MR) is 127 cm³/mol. The number of carboxylic acid groups (broad SMARTS) is 1. The Morgan fingerprint density at radius 3 is 2.24 bits per heavy atom.